The topological polar surface area (TPSA) is 38.8 Å². The Morgan fingerprint density at radius 2 is 1.19 bits per heavy atom. The number of carbonyl (C=O) groups is 1. The van der Waals surface area contributed by atoms with Crippen LogP contribution >= 0.6 is 0 Å². The highest BCUT2D eigenvalue weighted by Gasteiger charge is 2.15. The molecule has 31 heavy (non-hydrogen) atoms. The average molecular weight is 412 g/mol. The number of esters is 1. The molecule has 0 saturated heterocycles. The Labute approximate surface area is 183 Å². The molecule has 156 valence electrons. The van der Waals surface area contributed by atoms with Gasteiger partial charge in [-0.1, -0.05) is 50.1 Å². The van der Waals surface area contributed by atoms with Crippen LogP contribution in [0.2, 0.25) is 0 Å². The molecule has 4 heteroatoms. The molecule has 0 N–H and O–H groups in total. The lowest BCUT2D eigenvalue weighted by atomic mass is 10.2. The van der Waals surface area contributed by atoms with E-state index in [0.717, 1.165) is 22.6 Å². The van der Waals surface area contributed by atoms with Gasteiger partial charge in [0.2, 0.25) is 0 Å². The van der Waals surface area contributed by atoms with Crippen molar-refractivity contribution in [3.8, 4) is 11.5 Å². The summed E-state index contributed by atoms with van der Waals surface area (Å²) in [6, 6.07) is 24.9. The lowest BCUT2D eigenvalue weighted by molar-refractivity contribution is -0.130. The molecule has 0 radical (unpaired) electrons. The number of nitrogens with zero attached hydrogens (tertiary/aromatic N) is 1. The van der Waals surface area contributed by atoms with Crippen LogP contribution in [0.3, 0.4) is 0 Å². The van der Waals surface area contributed by atoms with Crippen LogP contribution in [0.5, 0.6) is 11.5 Å². The molecule has 0 aliphatic rings. The van der Waals surface area contributed by atoms with E-state index in [0.29, 0.717) is 22.8 Å². The van der Waals surface area contributed by atoms with Crippen molar-refractivity contribution in [2.24, 2.45) is 0 Å². The quantitative estimate of drug-likeness (QED) is 0.130. The maximum absolute atomic E-state index is 12.0. The number of hydrogen-bond donors (Lipinski definition) is 0. The van der Waals surface area contributed by atoms with E-state index in [-0.39, 0.29) is 0 Å². The van der Waals surface area contributed by atoms with Crippen LogP contribution in [-0.2, 0) is 4.79 Å². The van der Waals surface area contributed by atoms with Crippen LogP contribution in [0, 0.1) is 0 Å². The predicted octanol–water partition coefficient (Wildman–Crippen LogP) is 7.11. The van der Waals surface area contributed by atoms with E-state index in [1.54, 1.807) is 13.0 Å². The van der Waals surface area contributed by atoms with Gasteiger partial charge >= 0.3 is 5.97 Å². The molecule has 3 aromatic rings. The van der Waals surface area contributed by atoms with Crippen molar-refractivity contribution in [1.82, 2.24) is 0 Å². The number of para-hydroxylation sites is 1. The second kappa shape index (κ2) is 9.63. The van der Waals surface area contributed by atoms with E-state index in [9.17, 15) is 4.79 Å². The Kier molecular flexibility index (Phi) is 6.73. The molecule has 0 atom stereocenters. The van der Waals surface area contributed by atoms with Crippen LogP contribution in [-0.4, -0.2) is 5.97 Å². The summed E-state index contributed by atoms with van der Waals surface area (Å²) in [6.45, 7) is 14.9. The number of ether oxygens (including phenoxy) is 2. The summed E-state index contributed by atoms with van der Waals surface area (Å²) in [5, 5.41) is 0. The number of carbonyl (C=O) groups excluding carboxylic acids is 1. The highest BCUT2D eigenvalue weighted by molar-refractivity contribution is 5.89. The highest BCUT2D eigenvalue weighted by atomic mass is 16.5. The number of hydrogen-bond acceptors (Lipinski definition) is 4. The van der Waals surface area contributed by atoms with Gasteiger partial charge in [-0.05, 0) is 55.8 Å². The molecule has 0 aliphatic heterocycles. The van der Waals surface area contributed by atoms with E-state index in [4.69, 9.17) is 9.47 Å². The summed E-state index contributed by atoms with van der Waals surface area (Å²) < 4.78 is 11.3. The monoisotopic (exact) mass is 411 g/mol. The van der Waals surface area contributed by atoms with Gasteiger partial charge in [0, 0.05) is 34.8 Å². The Bertz CT molecular complexity index is 1060. The zero-order chi connectivity index (χ0) is 22.4. The first kappa shape index (κ1) is 21.7. The number of rotatable bonds is 8. The Hall–Kier alpha value is -4.05. The molecule has 0 heterocycles. The zero-order valence-electron chi connectivity index (χ0n) is 17.8. The summed E-state index contributed by atoms with van der Waals surface area (Å²) in [5.41, 5.74) is 3.75. The molecule has 3 aromatic carbocycles. The molecule has 0 amide bonds. The van der Waals surface area contributed by atoms with Crippen LogP contribution in [0.15, 0.2) is 116 Å². The minimum absolute atomic E-state index is 0.341. The minimum Gasteiger partial charge on any atom is -0.458 e. The van der Waals surface area contributed by atoms with Crippen molar-refractivity contribution in [3.05, 3.63) is 116 Å². The van der Waals surface area contributed by atoms with E-state index in [1.807, 2.05) is 79.7 Å². The fourth-order valence-corrected chi connectivity index (χ4v) is 2.82. The molecular weight excluding hydrogens is 386 g/mol. The van der Waals surface area contributed by atoms with E-state index in [1.165, 1.54) is 0 Å². The van der Waals surface area contributed by atoms with E-state index < -0.39 is 5.97 Å². The van der Waals surface area contributed by atoms with Crippen LogP contribution in [0.1, 0.15) is 13.8 Å². The standard InChI is InChI=1S/C27H25NO3/c1-19(2)21(5)30-25-15-9-13-23(17-25)28(22-11-7-6-8-12-22)24-14-10-16-26(18-24)31-27(29)20(3)4/h6-18H,1,3,5H2,2,4H3. The van der Waals surface area contributed by atoms with Gasteiger partial charge in [0.15, 0.2) is 0 Å². The molecule has 0 aromatic heterocycles. The Morgan fingerprint density at radius 1 is 0.677 bits per heavy atom. The fraction of sp³-hybridized carbons (Fsp3) is 0.0741. The van der Waals surface area contributed by atoms with Crippen LogP contribution in [0.4, 0.5) is 17.1 Å². The van der Waals surface area contributed by atoms with Crippen molar-refractivity contribution >= 4 is 23.0 Å². The van der Waals surface area contributed by atoms with E-state index in [2.05, 4.69) is 24.6 Å². The Morgan fingerprint density at radius 3 is 1.71 bits per heavy atom. The largest absolute Gasteiger partial charge is 0.458 e. The maximum atomic E-state index is 12.0. The minimum atomic E-state index is -0.461. The summed E-state index contributed by atoms with van der Waals surface area (Å²) >= 11 is 0. The first-order chi connectivity index (χ1) is 14.8. The number of anilines is 3. The molecule has 0 aliphatic carbocycles. The van der Waals surface area contributed by atoms with Crippen LogP contribution < -0.4 is 14.4 Å². The van der Waals surface area contributed by atoms with Gasteiger partial charge in [-0.2, -0.15) is 0 Å². The molecule has 0 unspecified atom stereocenters. The van der Waals surface area contributed by atoms with Gasteiger partial charge in [-0.3, -0.25) is 0 Å². The van der Waals surface area contributed by atoms with Crippen molar-refractivity contribution in [3.63, 3.8) is 0 Å². The van der Waals surface area contributed by atoms with Gasteiger partial charge in [0.1, 0.15) is 17.3 Å². The average Bonchev–Trinajstić information content (AvgIpc) is 2.75. The molecular formula is C27H25NO3. The van der Waals surface area contributed by atoms with Gasteiger partial charge in [-0.15, -0.1) is 0 Å². The lowest BCUT2D eigenvalue weighted by Gasteiger charge is -2.26. The van der Waals surface area contributed by atoms with Gasteiger partial charge in [-0.25, -0.2) is 4.79 Å². The zero-order valence-corrected chi connectivity index (χ0v) is 17.8. The normalized spacial score (nSPS) is 10.1. The van der Waals surface area contributed by atoms with Gasteiger partial charge in [0.25, 0.3) is 0 Å². The molecule has 0 bridgehead atoms. The second-order valence-corrected chi connectivity index (χ2v) is 7.14. The number of allylic oxidation sites excluding steroid dienone is 1. The van der Waals surface area contributed by atoms with Crippen molar-refractivity contribution in [1.29, 1.82) is 0 Å². The third-order valence-corrected chi connectivity index (χ3v) is 4.44. The first-order valence-corrected chi connectivity index (χ1v) is 9.81. The molecule has 0 spiro atoms. The summed E-state index contributed by atoms with van der Waals surface area (Å²) in [6.07, 6.45) is 0. The lowest BCUT2D eigenvalue weighted by Crippen LogP contribution is -2.11. The predicted molar refractivity (Wildman–Crippen MR) is 126 cm³/mol. The van der Waals surface area contributed by atoms with Gasteiger partial charge < -0.3 is 14.4 Å². The summed E-state index contributed by atoms with van der Waals surface area (Å²) in [7, 11) is 0. The van der Waals surface area contributed by atoms with Gasteiger partial charge in [0.05, 0.1) is 0 Å². The SMILES string of the molecule is C=C(C)C(=C)Oc1cccc(N(c2ccccc2)c2cccc(OC(=O)C(=C)C)c2)c1. The third-order valence-electron chi connectivity index (χ3n) is 4.44. The Balaban J connectivity index is 2.03. The highest BCUT2D eigenvalue weighted by Crippen LogP contribution is 2.37. The smallest absolute Gasteiger partial charge is 0.338 e. The molecule has 3 rings (SSSR count). The van der Waals surface area contributed by atoms with E-state index >= 15 is 0 Å². The third kappa shape index (κ3) is 5.52. The summed E-state index contributed by atoms with van der Waals surface area (Å²) in [5.74, 6) is 1.14. The number of benzene rings is 3. The fourth-order valence-electron chi connectivity index (χ4n) is 2.82. The maximum Gasteiger partial charge on any atom is 0.338 e. The second-order valence-electron chi connectivity index (χ2n) is 7.14. The van der Waals surface area contributed by atoms with Crippen molar-refractivity contribution in [2.45, 2.75) is 13.8 Å². The summed E-state index contributed by atoms with van der Waals surface area (Å²) in [4.78, 5) is 14.0. The van der Waals surface area contributed by atoms with Crippen LogP contribution in [0.25, 0.3) is 0 Å². The molecule has 4 nitrogen and oxygen atoms in total. The van der Waals surface area contributed by atoms with Crippen molar-refractivity contribution in [2.75, 3.05) is 4.90 Å². The molecule has 0 saturated carbocycles. The first-order valence-electron chi connectivity index (χ1n) is 9.81. The molecule has 0 fully saturated rings. The van der Waals surface area contributed by atoms with Crippen molar-refractivity contribution < 1.29 is 14.3 Å².